The van der Waals surface area contributed by atoms with Gasteiger partial charge in [-0.2, -0.15) is 0 Å². The van der Waals surface area contributed by atoms with Gasteiger partial charge in [0.25, 0.3) is 0 Å². The van der Waals surface area contributed by atoms with Gasteiger partial charge < -0.3 is 110 Å². The monoisotopic (exact) mass is 1990 g/mol. The van der Waals surface area contributed by atoms with Crippen LogP contribution in [0.15, 0.2) is 146 Å². The molecule has 0 fully saturated rings. The standard InChI is InChI=1S/C20H36N2O3Si4.2C16H24N2OSi2.C14H40N2O3Si4.2C10H28N2OSi2/c1-26(2,19-13-9-17(21)10-14-19)23-28(5,6)25-29(7,8)24-27(3,4)20-15-11-18(22)12-16-20;2*1-20(2,15-9-5-13(17)6-10-15)19-21(3,4)16-11-7-14(18)8-12-16;1-20(2,13-9-11-15)17-22(5,6)19-23(7,8)18-21(3,4)14-10-12-16;2*1-14(2,9-5-7-11)13-15(3,4)10-6-8-12/h9-16H,21-22H2,1-8H3;2*5-12H,17-18H2,1-4H3;9-16H2,1-8H3;2*5-12H2,1-4H3. The first-order valence-corrected chi connectivity index (χ1v) is 92.2. The van der Waals surface area contributed by atoms with Gasteiger partial charge >= 0.3 is 34.2 Å². The normalized spacial score (nSPS) is 13.2. The van der Waals surface area contributed by atoms with Crippen LogP contribution < -0.4 is 99.9 Å². The van der Waals surface area contributed by atoms with Crippen LogP contribution in [0.2, 0.25) is 246 Å². The van der Waals surface area contributed by atoms with Gasteiger partial charge in [-0.15, -0.1) is 0 Å². The molecule has 6 aromatic rings. The maximum Gasteiger partial charge on any atom is 0.312 e. The van der Waals surface area contributed by atoms with E-state index >= 15 is 0 Å². The van der Waals surface area contributed by atoms with Crippen LogP contribution in [0.1, 0.15) is 38.5 Å². The molecular weight excluding hydrogens is 1810 g/mol. The molecule has 0 aromatic heterocycles. The second-order valence-corrected chi connectivity index (χ2v) is 106. The zero-order valence-corrected chi connectivity index (χ0v) is 99.6. The number of hydrogen-bond donors (Lipinski definition) is 12. The maximum atomic E-state index is 6.69. The van der Waals surface area contributed by atoms with Crippen molar-refractivity contribution in [1.29, 1.82) is 0 Å². The summed E-state index contributed by atoms with van der Waals surface area (Å²) in [4.78, 5) is 0. The third-order valence-corrected chi connectivity index (χ3v) is 81.6. The summed E-state index contributed by atoms with van der Waals surface area (Å²) in [6.45, 7) is 75.9. The number of hydrogen-bond acceptors (Lipinski definition) is 22. The van der Waals surface area contributed by atoms with E-state index in [4.69, 9.17) is 110 Å². The van der Waals surface area contributed by atoms with E-state index in [-0.39, 0.29) is 0 Å². The topological polar surface area (TPSA) is 405 Å². The van der Waals surface area contributed by atoms with Crippen molar-refractivity contribution in [2.24, 2.45) is 34.4 Å². The third-order valence-electron chi connectivity index (χ3n) is 20.7. The van der Waals surface area contributed by atoms with E-state index in [2.05, 4.69) is 282 Å². The lowest BCUT2D eigenvalue weighted by Crippen LogP contribution is -2.60. The van der Waals surface area contributed by atoms with Crippen molar-refractivity contribution in [3.8, 4) is 0 Å². The molecule has 0 heterocycles. The van der Waals surface area contributed by atoms with Gasteiger partial charge in [-0.25, -0.2) is 0 Å². The maximum absolute atomic E-state index is 6.69. The Morgan fingerprint density at radius 2 is 0.282 bits per heavy atom. The van der Waals surface area contributed by atoms with Crippen LogP contribution in [0.4, 0.5) is 34.1 Å². The van der Waals surface area contributed by atoms with Gasteiger partial charge in [0.15, 0.2) is 49.9 Å². The van der Waals surface area contributed by atoms with Crippen molar-refractivity contribution in [1.82, 2.24) is 0 Å². The minimum absolute atomic E-state index is 0.729. The molecule has 0 aliphatic carbocycles. The molecule has 708 valence electrons. The number of nitrogen functional groups attached to an aromatic ring is 6. The second-order valence-electron chi connectivity index (χ2n) is 41.3. The molecule has 0 bridgehead atoms. The molecule has 6 aromatic carbocycles. The highest BCUT2D eigenvalue weighted by molar-refractivity contribution is 6.99. The molecule has 24 N–H and O–H groups in total. The van der Waals surface area contributed by atoms with E-state index in [0.717, 1.165) is 124 Å². The second kappa shape index (κ2) is 51.8. The van der Waals surface area contributed by atoms with Gasteiger partial charge in [0.05, 0.1) is 0 Å². The lowest BCUT2D eigenvalue weighted by molar-refractivity contribution is 0.327. The largest absolute Gasteiger partial charge is 0.455 e. The van der Waals surface area contributed by atoms with Gasteiger partial charge in [-0.1, -0.05) is 72.8 Å². The van der Waals surface area contributed by atoms with Crippen molar-refractivity contribution in [2.75, 3.05) is 73.7 Å². The first kappa shape index (κ1) is 119. The molecule has 0 aliphatic rings. The van der Waals surface area contributed by atoms with Gasteiger partial charge in [-0.3, -0.25) is 0 Å². The van der Waals surface area contributed by atoms with Crippen molar-refractivity contribution in [3.63, 3.8) is 0 Å². The fraction of sp³-hybridized carbons (Fsp3) is 0.581. The predicted molar refractivity (Wildman–Crippen MR) is 584 cm³/mol. The van der Waals surface area contributed by atoms with Gasteiger partial charge in [0.2, 0.25) is 49.9 Å². The van der Waals surface area contributed by atoms with Gasteiger partial charge in [0, 0.05) is 34.1 Å². The Bertz CT molecular complexity index is 3570. The lowest BCUT2D eigenvalue weighted by atomic mass is 10.3. The number of rotatable bonds is 44. The average Bonchev–Trinajstić information content (AvgIpc) is 0.809. The summed E-state index contributed by atoms with van der Waals surface area (Å²) in [5.74, 6) is 0. The Morgan fingerprint density at radius 1 is 0.161 bits per heavy atom. The van der Waals surface area contributed by atoms with Crippen molar-refractivity contribution in [2.45, 2.75) is 284 Å². The first-order chi connectivity index (χ1) is 56.4. The Hall–Kier alpha value is -3.05. The molecule has 0 atom stereocenters. The molecule has 0 saturated carbocycles. The van der Waals surface area contributed by atoms with E-state index in [1.54, 1.807) is 0 Å². The number of anilines is 6. The summed E-state index contributed by atoms with van der Waals surface area (Å²) in [5, 5.41) is 7.52. The third kappa shape index (κ3) is 49.4. The summed E-state index contributed by atoms with van der Waals surface area (Å²) in [6.07, 6.45) is 6.45. The quantitative estimate of drug-likeness (QED) is 0.0125. The fourth-order valence-corrected chi connectivity index (χ4v) is 87.4. The van der Waals surface area contributed by atoms with Crippen LogP contribution in [0.5, 0.6) is 0 Å². The predicted octanol–water partition coefficient (Wildman–Crippen LogP) is 16.4. The van der Waals surface area contributed by atoms with Crippen molar-refractivity contribution in [3.05, 3.63) is 146 Å². The van der Waals surface area contributed by atoms with E-state index in [1.807, 2.05) is 72.8 Å². The summed E-state index contributed by atoms with van der Waals surface area (Å²) in [6, 6.07) is 55.3. The number of nitrogens with two attached hydrogens (primary N) is 12. The summed E-state index contributed by atoms with van der Waals surface area (Å²) < 4.78 is 65.7. The summed E-state index contributed by atoms with van der Waals surface area (Å²) >= 11 is 0. The Balaban J connectivity index is 0.000000755. The van der Waals surface area contributed by atoms with Crippen LogP contribution >= 0.6 is 0 Å². The van der Waals surface area contributed by atoms with E-state index < -0.39 is 134 Å². The molecule has 22 nitrogen and oxygen atoms in total. The van der Waals surface area contributed by atoms with Crippen molar-refractivity contribution < 1.29 is 41.2 Å². The minimum atomic E-state index is -2.41. The Kier molecular flexibility index (Phi) is 49.7. The van der Waals surface area contributed by atoms with Crippen LogP contribution in [0, 0.1) is 0 Å². The lowest BCUT2D eigenvalue weighted by Gasteiger charge is -2.41. The van der Waals surface area contributed by atoms with Gasteiger partial charge in [-0.05, 0) is 427 Å². The SMILES string of the molecule is C[Si](C)(CCCN)O[Si](C)(C)CCCN.C[Si](C)(CCCN)O[Si](C)(C)CCCN.C[Si](C)(CCCN)O[Si](C)(C)O[Si](C)(C)O[Si](C)(C)CCCN.C[Si](C)(O[Si](C)(C)O[Si](C)(C)c1ccc(N)cc1)O[Si](C)(C)c1ccc(N)cc1.C[Si](C)(O[Si](C)(C)c1ccc(N)cc1)c1ccc(N)cc1.C[Si](C)(O[Si](C)(C)c1ccc(N)cc1)c1ccc(N)cc1. The van der Waals surface area contributed by atoms with Crippen LogP contribution in [0.3, 0.4) is 0 Å². The molecule has 0 radical (unpaired) electrons. The highest BCUT2D eigenvalue weighted by Crippen LogP contribution is 2.31. The van der Waals surface area contributed by atoms with Crippen LogP contribution in [0.25, 0.3) is 0 Å². The Morgan fingerprint density at radius 3 is 0.419 bits per heavy atom. The first-order valence-electron chi connectivity index (χ1n) is 44.8. The van der Waals surface area contributed by atoms with E-state index in [1.165, 1.54) is 55.3 Å². The molecule has 6 rings (SSSR count). The molecule has 124 heavy (non-hydrogen) atoms. The zero-order chi connectivity index (χ0) is 95.7. The summed E-state index contributed by atoms with van der Waals surface area (Å²) in [7, 11) is -30.6. The van der Waals surface area contributed by atoms with Crippen molar-refractivity contribution >= 4 is 199 Å². The van der Waals surface area contributed by atoms with E-state index in [9.17, 15) is 0 Å². The van der Waals surface area contributed by atoms with Crippen LogP contribution in [-0.4, -0.2) is 173 Å². The Labute approximate surface area is 772 Å². The minimum Gasteiger partial charge on any atom is -0.455 e. The molecule has 0 spiro atoms. The molecule has 38 heteroatoms. The highest BCUT2D eigenvalue weighted by atomic mass is 28.5. The molecule has 0 unspecified atom stereocenters. The fourth-order valence-electron chi connectivity index (χ4n) is 15.7. The average molecular weight is 1990 g/mol. The van der Waals surface area contributed by atoms with Crippen LogP contribution in [-0.2, 0) is 41.2 Å². The smallest absolute Gasteiger partial charge is 0.312 e. The zero-order valence-electron chi connectivity index (χ0n) is 83.6. The molecule has 0 aliphatic heterocycles. The molecule has 0 amide bonds. The summed E-state index contributed by atoms with van der Waals surface area (Å²) in [5.41, 5.74) is 72.9. The molecular formula is C86H180N12O10Si16. The molecule has 0 saturated heterocycles. The van der Waals surface area contributed by atoms with Gasteiger partial charge in [0.1, 0.15) is 0 Å². The van der Waals surface area contributed by atoms with E-state index in [0.29, 0.717) is 0 Å². The number of benzene rings is 6. The highest BCUT2D eigenvalue weighted by Gasteiger charge is 2.47.